The van der Waals surface area contributed by atoms with Crippen LogP contribution in [0.5, 0.6) is 11.5 Å². The lowest BCUT2D eigenvalue weighted by Crippen LogP contribution is -2.23. The van der Waals surface area contributed by atoms with E-state index in [1.165, 1.54) is 6.07 Å². The third-order valence-electron chi connectivity index (χ3n) is 3.11. The van der Waals surface area contributed by atoms with Crippen molar-refractivity contribution in [2.24, 2.45) is 0 Å². The Morgan fingerprint density at radius 2 is 1.80 bits per heavy atom. The van der Waals surface area contributed by atoms with Crippen molar-refractivity contribution in [3.63, 3.8) is 0 Å². The average Bonchev–Trinajstić information content (AvgIpc) is 2.50. The van der Waals surface area contributed by atoms with Crippen molar-refractivity contribution >= 4 is 0 Å². The molecule has 2 aromatic rings. The zero-order valence-corrected chi connectivity index (χ0v) is 11.6. The van der Waals surface area contributed by atoms with Crippen molar-refractivity contribution in [2.75, 3.05) is 20.8 Å². The van der Waals surface area contributed by atoms with Crippen LogP contribution >= 0.6 is 0 Å². The van der Waals surface area contributed by atoms with E-state index < -0.39 is 0 Å². The van der Waals surface area contributed by atoms with Crippen molar-refractivity contribution in [2.45, 2.75) is 6.04 Å². The Hall–Kier alpha value is -2.07. The van der Waals surface area contributed by atoms with E-state index in [2.05, 4.69) is 5.32 Å². The van der Waals surface area contributed by atoms with Gasteiger partial charge in [0.25, 0.3) is 0 Å². The highest BCUT2D eigenvalue weighted by molar-refractivity contribution is 5.29. The van der Waals surface area contributed by atoms with Crippen LogP contribution in [-0.2, 0) is 0 Å². The van der Waals surface area contributed by atoms with Crippen LogP contribution in [0.4, 0.5) is 4.39 Å². The zero-order chi connectivity index (χ0) is 14.4. The largest absolute Gasteiger partial charge is 0.497 e. The third-order valence-corrected chi connectivity index (χ3v) is 3.11. The fourth-order valence-electron chi connectivity index (χ4n) is 1.92. The normalized spacial score (nSPS) is 11.9. The molecular formula is C16H18FNO2. The number of para-hydroxylation sites is 1. The maximum absolute atomic E-state index is 13.5. The van der Waals surface area contributed by atoms with Gasteiger partial charge in [-0.3, -0.25) is 0 Å². The molecular weight excluding hydrogens is 257 g/mol. The van der Waals surface area contributed by atoms with Gasteiger partial charge in [-0.15, -0.1) is 0 Å². The van der Waals surface area contributed by atoms with Gasteiger partial charge in [-0.25, -0.2) is 4.39 Å². The monoisotopic (exact) mass is 275 g/mol. The molecule has 0 aliphatic rings. The van der Waals surface area contributed by atoms with Gasteiger partial charge in [0.1, 0.15) is 12.4 Å². The Kier molecular flexibility index (Phi) is 4.96. The molecule has 0 saturated carbocycles. The molecule has 0 radical (unpaired) electrons. The summed E-state index contributed by atoms with van der Waals surface area (Å²) in [6, 6.07) is 14.1. The molecule has 1 atom stereocenters. The highest BCUT2D eigenvalue weighted by Gasteiger charge is 2.11. The smallest absolute Gasteiger partial charge is 0.165 e. The predicted octanol–water partition coefficient (Wildman–Crippen LogP) is 3.17. The highest BCUT2D eigenvalue weighted by Crippen LogP contribution is 2.20. The van der Waals surface area contributed by atoms with Crippen LogP contribution in [0.25, 0.3) is 0 Å². The van der Waals surface area contributed by atoms with Gasteiger partial charge in [-0.2, -0.15) is 0 Å². The number of likely N-dealkylation sites (N-methyl/N-ethyl adjacent to an activating group) is 1. The summed E-state index contributed by atoms with van der Waals surface area (Å²) in [7, 11) is 3.48. The summed E-state index contributed by atoms with van der Waals surface area (Å²) in [5, 5.41) is 3.16. The first kappa shape index (κ1) is 14.3. The van der Waals surface area contributed by atoms with Gasteiger partial charge in [0.05, 0.1) is 13.2 Å². The number of hydrogen-bond donors (Lipinski definition) is 1. The summed E-state index contributed by atoms with van der Waals surface area (Å²) in [6.07, 6.45) is 0. The first-order valence-corrected chi connectivity index (χ1v) is 6.43. The van der Waals surface area contributed by atoms with Crippen LogP contribution in [-0.4, -0.2) is 20.8 Å². The van der Waals surface area contributed by atoms with E-state index in [1.807, 2.05) is 31.3 Å². The van der Waals surface area contributed by atoms with Crippen molar-refractivity contribution < 1.29 is 13.9 Å². The van der Waals surface area contributed by atoms with Gasteiger partial charge < -0.3 is 14.8 Å². The number of halogens is 1. The molecule has 0 bridgehead atoms. The minimum absolute atomic E-state index is 0.0134. The fourth-order valence-corrected chi connectivity index (χ4v) is 1.92. The second kappa shape index (κ2) is 6.91. The van der Waals surface area contributed by atoms with E-state index in [4.69, 9.17) is 9.47 Å². The van der Waals surface area contributed by atoms with E-state index in [0.29, 0.717) is 6.61 Å². The summed E-state index contributed by atoms with van der Waals surface area (Å²) in [5.41, 5.74) is 1.06. The highest BCUT2D eigenvalue weighted by atomic mass is 19.1. The predicted molar refractivity (Wildman–Crippen MR) is 76.7 cm³/mol. The minimum Gasteiger partial charge on any atom is -0.497 e. The molecule has 0 heterocycles. The quantitative estimate of drug-likeness (QED) is 0.878. The van der Waals surface area contributed by atoms with Crippen LogP contribution in [0.3, 0.4) is 0 Å². The maximum Gasteiger partial charge on any atom is 0.165 e. The van der Waals surface area contributed by atoms with E-state index >= 15 is 0 Å². The third kappa shape index (κ3) is 3.48. The molecule has 106 valence electrons. The van der Waals surface area contributed by atoms with Gasteiger partial charge in [-0.1, -0.05) is 24.3 Å². The Morgan fingerprint density at radius 3 is 2.40 bits per heavy atom. The van der Waals surface area contributed by atoms with Gasteiger partial charge in [0, 0.05) is 0 Å². The summed E-state index contributed by atoms with van der Waals surface area (Å²) in [4.78, 5) is 0. The van der Waals surface area contributed by atoms with Crippen LogP contribution in [0.2, 0.25) is 0 Å². The molecule has 0 fully saturated rings. The summed E-state index contributed by atoms with van der Waals surface area (Å²) in [6.45, 7) is 0.351. The number of rotatable bonds is 6. The molecule has 0 spiro atoms. The Labute approximate surface area is 118 Å². The van der Waals surface area contributed by atoms with E-state index in [0.717, 1.165) is 11.3 Å². The van der Waals surface area contributed by atoms with Crippen molar-refractivity contribution in [1.29, 1.82) is 0 Å². The summed E-state index contributed by atoms with van der Waals surface area (Å²) in [5.74, 6) is 0.719. The molecule has 0 aliphatic heterocycles. The molecule has 0 saturated heterocycles. The van der Waals surface area contributed by atoms with Crippen LogP contribution in [0.15, 0.2) is 48.5 Å². The topological polar surface area (TPSA) is 30.5 Å². The molecule has 3 nitrogen and oxygen atoms in total. The van der Waals surface area contributed by atoms with Gasteiger partial charge >= 0.3 is 0 Å². The number of hydrogen-bond acceptors (Lipinski definition) is 3. The summed E-state index contributed by atoms with van der Waals surface area (Å²) < 4.78 is 24.1. The minimum atomic E-state index is -0.350. The Bertz CT molecular complexity index is 542. The molecule has 20 heavy (non-hydrogen) atoms. The molecule has 0 aromatic heterocycles. The number of nitrogens with one attached hydrogen (secondary N) is 1. The maximum atomic E-state index is 13.5. The van der Waals surface area contributed by atoms with Crippen LogP contribution in [0.1, 0.15) is 11.6 Å². The Balaban J connectivity index is 2.03. The molecule has 1 unspecified atom stereocenters. The van der Waals surface area contributed by atoms with Gasteiger partial charge in [-0.05, 0) is 36.9 Å². The first-order valence-electron chi connectivity index (χ1n) is 6.43. The van der Waals surface area contributed by atoms with Crippen LogP contribution < -0.4 is 14.8 Å². The lowest BCUT2D eigenvalue weighted by Gasteiger charge is -2.18. The number of ether oxygens (including phenoxy) is 2. The van der Waals surface area contributed by atoms with Crippen molar-refractivity contribution in [3.05, 3.63) is 59.9 Å². The van der Waals surface area contributed by atoms with Crippen LogP contribution in [0, 0.1) is 5.82 Å². The number of benzene rings is 2. The lowest BCUT2D eigenvalue weighted by molar-refractivity contribution is 0.261. The summed E-state index contributed by atoms with van der Waals surface area (Å²) >= 11 is 0. The molecule has 2 rings (SSSR count). The van der Waals surface area contributed by atoms with Gasteiger partial charge in [0.15, 0.2) is 11.6 Å². The van der Waals surface area contributed by atoms with Crippen molar-refractivity contribution in [1.82, 2.24) is 5.32 Å². The lowest BCUT2D eigenvalue weighted by atomic mass is 10.1. The van der Waals surface area contributed by atoms with E-state index in [-0.39, 0.29) is 17.6 Å². The van der Waals surface area contributed by atoms with E-state index in [9.17, 15) is 4.39 Å². The molecule has 4 heteroatoms. The fraction of sp³-hybridized carbons (Fsp3) is 0.250. The van der Waals surface area contributed by atoms with Crippen molar-refractivity contribution in [3.8, 4) is 11.5 Å². The second-order valence-corrected chi connectivity index (χ2v) is 4.36. The van der Waals surface area contributed by atoms with E-state index in [1.54, 1.807) is 25.3 Å². The van der Waals surface area contributed by atoms with Gasteiger partial charge in [0.2, 0.25) is 0 Å². The SMILES string of the molecule is CNC(COc1ccccc1F)c1ccc(OC)cc1. The number of methoxy groups -OCH3 is 1. The molecule has 0 aliphatic carbocycles. The molecule has 0 amide bonds. The first-order chi connectivity index (χ1) is 9.74. The molecule has 1 N–H and O–H groups in total. The Morgan fingerprint density at radius 1 is 1.10 bits per heavy atom. The zero-order valence-electron chi connectivity index (χ0n) is 11.6. The second-order valence-electron chi connectivity index (χ2n) is 4.36. The molecule has 2 aromatic carbocycles. The average molecular weight is 275 g/mol. The standard InChI is InChI=1S/C16H18FNO2/c1-18-15(12-7-9-13(19-2)10-8-12)11-20-16-6-4-3-5-14(16)17/h3-10,15,18H,11H2,1-2H3.